The van der Waals surface area contributed by atoms with Gasteiger partial charge in [0.15, 0.2) is 0 Å². The van der Waals surface area contributed by atoms with Crippen LogP contribution in [0, 0.1) is 5.92 Å². The van der Waals surface area contributed by atoms with E-state index in [0.29, 0.717) is 25.4 Å². The summed E-state index contributed by atoms with van der Waals surface area (Å²) in [6.45, 7) is 0.800. The molecule has 0 amide bonds. The van der Waals surface area contributed by atoms with Crippen molar-refractivity contribution in [3.05, 3.63) is 35.9 Å². The van der Waals surface area contributed by atoms with Gasteiger partial charge in [0.05, 0.1) is 25.1 Å². The molecule has 2 atom stereocenters. The number of carbonyl (C=O) groups excluding carboxylic acids is 1. The standard InChI is InChI=1S/C14H18O3S/c15-13(6-12-9-18-10-14(12)16)8-17-7-11-4-2-1-3-5-11/h1-5,12-13,15H,6-10H2. The minimum atomic E-state index is -0.540. The molecule has 0 aromatic heterocycles. The fourth-order valence-corrected chi connectivity index (χ4v) is 3.16. The largest absolute Gasteiger partial charge is 0.391 e. The van der Waals surface area contributed by atoms with Gasteiger partial charge in [0.1, 0.15) is 5.78 Å². The second-order valence-electron chi connectivity index (χ2n) is 4.57. The number of ether oxygens (including phenoxy) is 1. The first kappa shape index (κ1) is 13.6. The Balaban J connectivity index is 1.66. The van der Waals surface area contributed by atoms with Crippen LogP contribution in [-0.2, 0) is 16.1 Å². The molecule has 4 heteroatoms. The highest BCUT2D eigenvalue weighted by Crippen LogP contribution is 2.24. The summed E-state index contributed by atoms with van der Waals surface area (Å²) in [6.07, 6.45) is -0.0120. The quantitative estimate of drug-likeness (QED) is 0.854. The lowest BCUT2D eigenvalue weighted by molar-refractivity contribution is -0.120. The predicted molar refractivity (Wildman–Crippen MR) is 72.5 cm³/mol. The van der Waals surface area contributed by atoms with E-state index in [1.54, 1.807) is 11.8 Å². The van der Waals surface area contributed by atoms with Gasteiger partial charge in [-0.3, -0.25) is 4.79 Å². The normalized spacial score (nSPS) is 21.2. The monoisotopic (exact) mass is 266 g/mol. The highest BCUT2D eigenvalue weighted by molar-refractivity contribution is 8.00. The van der Waals surface area contributed by atoms with E-state index in [1.165, 1.54) is 0 Å². The Kier molecular flexibility index (Phi) is 5.23. The predicted octanol–water partition coefficient (Wildman–Crippen LogP) is 1.89. The van der Waals surface area contributed by atoms with E-state index >= 15 is 0 Å². The summed E-state index contributed by atoms with van der Waals surface area (Å²) in [6, 6.07) is 9.86. The van der Waals surface area contributed by atoms with E-state index in [1.807, 2.05) is 30.3 Å². The molecule has 2 rings (SSSR count). The molecule has 18 heavy (non-hydrogen) atoms. The second kappa shape index (κ2) is 6.92. The van der Waals surface area contributed by atoms with Crippen molar-refractivity contribution < 1.29 is 14.6 Å². The van der Waals surface area contributed by atoms with Crippen molar-refractivity contribution in [2.45, 2.75) is 19.1 Å². The van der Waals surface area contributed by atoms with E-state index in [-0.39, 0.29) is 11.7 Å². The van der Waals surface area contributed by atoms with E-state index in [0.717, 1.165) is 11.3 Å². The highest BCUT2D eigenvalue weighted by atomic mass is 32.2. The van der Waals surface area contributed by atoms with Crippen LogP contribution in [0.4, 0.5) is 0 Å². The van der Waals surface area contributed by atoms with Gasteiger partial charge in [0, 0.05) is 11.7 Å². The third-order valence-electron chi connectivity index (χ3n) is 3.00. The molecule has 0 saturated carbocycles. The zero-order chi connectivity index (χ0) is 12.8. The van der Waals surface area contributed by atoms with Crippen LogP contribution >= 0.6 is 11.8 Å². The second-order valence-corrected chi connectivity index (χ2v) is 5.60. The van der Waals surface area contributed by atoms with Crippen LogP contribution in [0.2, 0.25) is 0 Å². The molecular formula is C14H18O3S. The molecule has 3 nitrogen and oxygen atoms in total. The maximum absolute atomic E-state index is 11.4. The van der Waals surface area contributed by atoms with E-state index in [4.69, 9.17) is 4.74 Å². The van der Waals surface area contributed by atoms with Crippen molar-refractivity contribution in [1.29, 1.82) is 0 Å². The van der Waals surface area contributed by atoms with Crippen molar-refractivity contribution >= 4 is 17.5 Å². The van der Waals surface area contributed by atoms with Gasteiger partial charge >= 0.3 is 0 Å². The molecule has 1 heterocycles. The van der Waals surface area contributed by atoms with Gasteiger partial charge in [-0.1, -0.05) is 30.3 Å². The minimum Gasteiger partial charge on any atom is -0.391 e. The molecule has 0 spiro atoms. The number of rotatable bonds is 6. The molecule has 1 fully saturated rings. The lowest BCUT2D eigenvalue weighted by Crippen LogP contribution is -2.23. The molecule has 1 N–H and O–H groups in total. The van der Waals surface area contributed by atoms with Crippen molar-refractivity contribution in [2.75, 3.05) is 18.1 Å². The summed E-state index contributed by atoms with van der Waals surface area (Å²) in [5, 5.41) is 9.82. The summed E-state index contributed by atoms with van der Waals surface area (Å²) in [5.74, 6) is 1.73. The van der Waals surface area contributed by atoms with Crippen LogP contribution < -0.4 is 0 Å². The molecule has 0 aliphatic carbocycles. The Bertz CT molecular complexity index is 380. The van der Waals surface area contributed by atoms with Crippen molar-refractivity contribution in [3.8, 4) is 0 Å². The van der Waals surface area contributed by atoms with Crippen LogP contribution in [0.25, 0.3) is 0 Å². The van der Waals surface area contributed by atoms with Gasteiger partial charge in [0.2, 0.25) is 0 Å². The maximum Gasteiger partial charge on any atom is 0.146 e. The van der Waals surface area contributed by atoms with Gasteiger partial charge in [0.25, 0.3) is 0 Å². The van der Waals surface area contributed by atoms with Crippen LogP contribution in [0.5, 0.6) is 0 Å². The first-order valence-corrected chi connectivity index (χ1v) is 7.31. The number of thioether (sulfide) groups is 1. The number of Topliss-reactive ketones (excluding diaryl/α,β-unsaturated/α-hetero) is 1. The maximum atomic E-state index is 11.4. The molecule has 1 aliphatic rings. The van der Waals surface area contributed by atoms with Gasteiger partial charge in [-0.15, -0.1) is 0 Å². The Labute approximate surface area is 112 Å². The SMILES string of the molecule is O=C1CSCC1CC(O)COCc1ccccc1. The first-order valence-electron chi connectivity index (χ1n) is 6.16. The zero-order valence-electron chi connectivity index (χ0n) is 10.2. The third-order valence-corrected chi connectivity index (χ3v) is 4.12. The molecule has 1 aromatic rings. The zero-order valence-corrected chi connectivity index (χ0v) is 11.1. The van der Waals surface area contributed by atoms with Gasteiger partial charge < -0.3 is 9.84 Å². The summed E-state index contributed by atoms with van der Waals surface area (Å²) in [7, 11) is 0. The van der Waals surface area contributed by atoms with E-state index in [9.17, 15) is 9.90 Å². The van der Waals surface area contributed by atoms with Gasteiger partial charge in [-0.25, -0.2) is 0 Å². The molecule has 1 aromatic carbocycles. The molecular weight excluding hydrogens is 248 g/mol. The van der Waals surface area contributed by atoms with Crippen LogP contribution in [0.1, 0.15) is 12.0 Å². The molecule has 0 bridgehead atoms. The third kappa shape index (κ3) is 4.12. The lowest BCUT2D eigenvalue weighted by atomic mass is 10.0. The molecule has 1 aliphatic heterocycles. The van der Waals surface area contributed by atoms with Crippen LogP contribution in [-0.4, -0.2) is 35.1 Å². The van der Waals surface area contributed by atoms with Crippen molar-refractivity contribution in [1.82, 2.24) is 0 Å². The Hall–Kier alpha value is -0.840. The summed E-state index contributed by atoms with van der Waals surface area (Å²) in [5.41, 5.74) is 1.09. The molecule has 98 valence electrons. The number of hydrogen-bond donors (Lipinski definition) is 1. The Morgan fingerprint density at radius 1 is 1.39 bits per heavy atom. The van der Waals surface area contributed by atoms with Crippen LogP contribution in [0.3, 0.4) is 0 Å². The van der Waals surface area contributed by atoms with Crippen molar-refractivity contribution in [3.63, 3.8) is 0 Å². The highest BCUT2D eigenvalue weighted by Gasteiger charge is 2.27. The van der Waals surface area contributed by atoms with E-state index < -0.39 is 6.10 Å². The Morgan fingerprint density at radius 3 is 2.83 bits per heavy atom. The number of aliphatic hydroxyl groups excluding tert-OH is 1. The molecule has 1 saturated heterocycles. The number of ketones is 1. The number of benzene rings is 1. The topological polar surface area (TPSA) is 46.5 Å². The van der Waals surface area contributed by atoms with Gasteiger partial charge in [-0.05, 0) is 12.0 Å². The summed E-state index contributed by atoms with van der Waals surface area (Å²) < 4.78 is 5.46. The Morgan fingerprint density at radius 2 is 2.17 bits per heavy atom. The summed E-state index contributed by atoms with van der Waals surface area (Å²) in [4.78, 5) is 11.4. The lowest BCUT2D eigenvalue weighted by Gasteiger charge is -2.14. The summed E-state index contributed by atoms with van der Waals surface area (Å²) >= 11 is 1.65. The fraction of sp³-hybridized carbons (Fsp3) is 0.500. The van der Waals surface area contributed by atoms with E-state index in [2.05, 4.69) is 0 Å². The fourth-order valence-electron chi connectivity index (χ4n) is 2.00. The number of hydrogen-bond acceptors (Lipinski definition) is 4. The van der Waals surface area contributed by atoms with Gasteiger partial charge in [-0.2, -0.15) is 11.8 Å². The number of carbonyl (C=O) groups is 1. The number of aliphatic hydroxyl groups is 1. The average molecular weight is 266 g/mol. The first-order chi connectivity index (χ1) is 8.75. The van der Waals surface area contributed by atoms with Crippen LogP contribution in [0.15, 0.2) is 30.3 Å². The van der Waals surface area contributed by atoms with Crippen molar-refractivity contribution in [2.24, 2.45) is 5.92 Å². The smallest absolute Gasteiger partial charge is 0.146 e. The average Bonchev–Trinajstić information content (AvgIpc) is 2.76. The molecule has 0 radical (unpaired) electrons. The minimum absolute atomic E-state index is 0.0188. The molecule has 2 unspecified atom stereocenters.